The molecule has 3 rings (SSSR count). The molecule has 0 aromatic heterocycles. The van der Waals surface area contributed by atoms with Gasteiger partial charge < -0.3 is 24.6 Å². The lowest BCUT2D eigenvalue weighted by Gasteiger charge is -2.32. The van der Waals surface area contributed by atoms with Gasteiger partial charge in [-0.3, -0.25) is 4.79 Å². The zero-order chi connectivity index (χ0) is 19.8. The van der Waals surface area contributed by atoms with Crippen molar-refractivity contribution in [3.8, 4) is 5.75 Å². The highest BCUT2D eigenvalue weighted by Crippen LogP contribution is 2.16. The smallest absolute Gasteiger partial charge is 0.258 e. The Balaban J connectivity index is 1.61. The first-order valence-electron chi connectivity index (χ1n) is 9.77. The first kappa shape index (κ1) is 20.2. The molecule has 150 valence electrons. The SMILES string of the molecule is CN(C)c1ccc([C@@H](CNC(=O)COc2ccccc2)[NH+]2CCOCC2)cc1. The lowest BCUT2D eigenvalue weighted by molar-refractivity contribution is -0.937. The van der Waals surface area contributed by atoms with Gasteiger partial charge in [0.1, 0.15) is 24.9 Å². The number of para-hydroxylation sites is 1. The second kappa shape index (κ2) is 10.1. The van der Waals surface area contributed by atoms with E-state index in [2.05, 4.69) is 34.5 Å². The molecule has 2 aromatic carbocycles. The standard InChI is InChI=1S/C22H29N3O3/c1-24(2)19-10-8-18(9-11-19)21(25-12-14-27-15-13-25)16-23-22(26)17-28-20-6-4-3-5-7-20/h3-11,21H,12-17H2,1-2H3,(H,23,26)/p+1/t21-/m1/s1. The number of quaternary nitrogens is 1. The Bertz CT molecular complexity index is 728. The first-order valence-corrected chi connectivity index (χ1v) is 9.77. The number of carbonyl (C=O) groups excluding carboxylic acids is 1. The first-order chi connectivity index (χ1) is 13.6. The minimum absolute atomic E-state index is 0.0226. The van der Waals surface area contributed by atoms with Crippen molar-refractivity contribution in [2.75, 3.05) is 58.5 Å². The van der Waals surface area contributed by atoms with Gasteiger partial charge in [-0.2, -0.15) is 0 Å². The minimum Gasteiger partial charge on any atom is -0.484 e. The number of ether oxygens (including phenoxy) is 2. The van der Waals surface area contributed by atoms with Crippen LogP contribution in [0.15, 0.2) is 54.6 Å². The molecule has 1 aliphatic heterocycles. The van der Waals surface area contributed by atoms with E-state index in [-0.39, 0.29) is 18.6 Å². The summed E-state index contributed by atoms with van der Waals surface area (Å²) in [5.41, 5.74) is 2.39. The summed E-state index contributed by atoms with van der Waals surface area (Å²) < 4.78 is 11.1. The molecule has 1 amide bonds. The number of benzene rings is 2. The van der Waals surface area contributed by atoms with E-state index in [4.69, 9.17) is 9.47 Å². The molecule has 1 fully saturated rings. The Kier molecular flexibility index (Phi) is 7.28. The van der Waals surface area contributed by atoms with Gasteiger partial charge in [0.2, 0.25) is 0 Å². The van der Waals surface area contributed by atoms with E-state index >= 15 is 0 Å². The van der Waals surface area contributed by atoms with E-state index in [1.807, 2.05) is 44.4 Å². The summed E-state index contributed by atoms with van der Waals surface area (Å²) in [5, 5.41) is 3.05. The Labute approximate surface area is 167 Å². The van der Waals surface area contributed by atoms with E-state index in [0.29, 0.717) is 12.3 Å². The van der Waals surface area contributed by atoms with Gasteiger partial charge in [-0.25, -0.2) is 0 Å². The molecule has 1 saturated heterocycles. The second-order valence-electron chi connectivity index (χ2n) is 7.21. The predicted molar refractivity (Wildman–Crippen MR) is 110 cm³/mol. The van der Waals surface area contributed by atoms with Crippen molar-refractivity contribution in [3.63, 3.8) is 0 Å². The fraction of sp³-hybridized carbons (Fsp3) is 0.409. The lowest BCUT2D eigenvalue weighted by Crippen LogP contribution is -3.15. The van der Waals surface area contributed by atoms with Gasteiger partial charge in [-0.1, -0.05) is 30.3 Å². The van der Waals surface area contributed by atoms with E-state index in [1.165, 1.54) is 16.2 Å². The summed E-state index contributed by atoms with van der Waals surface area (Å²) in [6.07, 6.45) is 0. The Morgan fingerprint density at radius 2 is 1.79 bits per heavy atom. The summed E-state index contributed by atoms with van der Waals surface area (Å²) in [6.45, 7) is 3.99. The van der Waals surface area contributed by atoms with Gasteiger partial charge in [0.25, 0.3) is 5.91 Å². The minimum atomic E-state index is -0.105. The van der Waals surface area contributed by atoms with E-state index < -0.39 is 0 Å². The number of rotatable bonds is 8. The van der Waals surface area contributed by atoms with Gasteiger partial charge >= 0.3 is 0 Å². The monoisotopic (exact) mass is 384 g/mol. The Hall–Kier alpha value is -2.57. The van der Waals surface area contributed by atoms with Crippen LogP contribution in [0.25, 0.3) is 0 Å². The summed E-state index contributed by atoms with van der Waals surface area (Å²) in [6, 6.07) is 18.2. The number of anilines is 1. The molecule has 0 aliphatic carbocycles. The summed E-state index contributed by atoms with van der Waals surface area (Å²) in [4.78, 5) is 15.8. The largest absolute Gasteiger partial charge is 0.484 e. The molecule has 0 radical (unpaired) electrons. The van der Waals surface area contributed by atoms with Crippen LogP contribution in [0.5, 0.6) is 5.75 Å². The van der Waals surface area contributed by atoms with Crippen LogP contribution in [0.2, 0.25) is 0 Å². The van der Waals surface area contributed by atoms with Crippen molar-refractivity contribution in [2.24, 2.45) is 0 Å². The number of nitrogens with zero attached hydrogens (tertiary/aromatic N) is 1. The number of nitrogens with one attached hydrogen (secondary N) is 2. The average molecular weight is 385 g/mol. The molecule has 0 unspecified atom stereocenters. The van der Waals surface area contributed by atoms with Crippen LogP contribution >= 0.6 is 0 Å². The van der Waals surface area contributed by atoms with Gasteiger partial charge in [0.05, 0.1) is 19.8 Å². The van der Waals surface area contributed by atoms with Gasteiger partial charge in [0, 0.05) is 25.3 Å². The van der Waals surface area contributed by atoms with E-state index in [0.717, 1.165) is 26.3 Å². The van der Waals surface area contributed by atoms with Gasteiger partial charge in [0.15, 0.2) is 6.61 Å². The van der Waals surface area contributed by atoms with Crippen molar-refractivity contribution in [3.05, 3.63) is 60.2 Å². The topological polar surface area (TPSA) is 55.2 Å². The number of hydrogen-bond acceptors (Lipinski definition) is 4. The summed E-state index contributed by atoms with van der Waals surface area (Å²) in [7, 11) is 4.07. The van der Waals surface area contributed by atoms with Crippen molar-refractivity contribution in [1.82, 2.24) is 5.32 Å². The van der Waals surface area contributed by atoms with Crippen LogP contribution in [0.4, 0.5) is 5.69 Å². The fourth-order valence-corrected chi connectivity index (χ4v) is 3.42. The third kappa shape index (κ3) is 5.71. The summed E-state index contributed by atoms with van der Waals surface area (Å²) in [5.74, 6) is 0.596. The van der Waals surface area contributed by atoms with Crippen LogP contribution < -0.4 is 19.9 Å². The number of carbonyl (C=O) groups is 1. The van der Waals surface area contributed by atoms with Crippen LogP contribution in [0.3, 0.4) is 0 Å². The highest BCUT2D eigenvalue weighted by Gasteiger charge is 2.27. The van der Waals surface area contributed by atoms with E-state index in [1.54, 1.807) is 0 Å². The van der Waals surface area contributed by atoms with Crippen LogP contribution in [-0.4, -0.2) is 59.5 Å². The molecule has 2 N–H and O–H groups in total. The summed E-state index contributed by atoms with van der Waals surface area (Å²) >= 11 is 0. The maximum atomic E-state index is 12.3. The molecule has 1 atom stereocenters. The third-order valence-corrected chi connectivity index (χ3v) is 5.06. The van der Waals surface area contributed by atoms with Crippen LogP contribution in [0.1, 0.15) is 11.6 Å². The maximum Gasteiger partial charge on any atom is 0.258 e. The number of hydrogen-bond donors (Lipinski definition) is 2. The molecule has 2 aromatic rings. The Morgan fingerprint density at radius 3 is 2.43 bits per heavy atom. The zero-order valence-corrected chi connectivity index (χ0v) is 16.7. The molecule has 0 spiro atoms. The average Bonchev–Trinajstić information content (AvgIpc) is 2.74. The maximum absolute atomic E-state index is 12.3. The molecular formula is C22H30N3O3+. The van der Waals surface area contributed by atoms with Crippen LogP contribution in [0, 0.1) is 0 Å². The highest BCUT2D eigenvalue weighted by atomic mass is 16.5. The second-order valence-corrected chi connectivity index (χ2v) is 7.21. The van der Waals surface area contributed by atoms with Crippen molar-refractivity contribution >= 4 is 11.6 Å². The predicted octanol–water partition coefficient (Wildman–Crippen LogP) is 0.904. The third-order valence-electron chi connectivity index (χ3n) is 5.06. The molecular weight excluding hydrogens is 354 g/mol. The lowest BCUT2D eigenvalue weighted by atomic mass is 10.0. The van der Waals surface area contributed by atoms with Crippen molar-refractivity contribution in [2.45, 2.75) is 6.04 Å². The van der Waals surface area contributed by atoms with Crippen molar-refractivity contribution < 1.29 is 19.2 Å². The highest BCUT2D eigenvalue weighted by molar-refractivity contribution is 5.77. The zero-order valence-electron chi connectivity index (χ0n) is 16.7. The molecule has 6 nitrogen and oxygen atoms in total. The number of morpholine rings is 1. The normalized spacial score (nSPS) is 15.6. The molecule has 0 saturated carbocycles. The molecule has 28 heavy (non-hydrogen) atoms. The number of amides is 1. The van der Waals surface area contributed by atoms with E-state index in [9.17, 15) is 4.79 Å². The molecule has 1 aliphatic rings. The molecule has 6 heteroatoms. The van der Waals surface area contributed by atoms with Crippen LogP contribution in [-0.2, 0) is 9.53 Å². The van der Waals surface area contributed by atoms with Gasteiger partial charge in [-0.15, -0.1) is 0 Å². The molecule has 1 heterocycles. The quantitative estimate of drug-likeness (QED) is 0.710. The molecule has 0 bridgehead atoms. The van der Waals surface area contributed by atoms with Crippen molar-refractivity contribution in [1.29, 1.82) is 0 Å². The fourth-order valence-electron chi connectivity index (χ4n) is 3.42. The Morgan fingerprint density at radius 1 is 1.11 bits per heavy atom. The van der Waals surface area contributed by atoms with Gasteiger partial charge in [-0.05, 0) is 24.3 Å².